The van der Waals surface area contributed by atoms with Gasteiger partial charge in [0, 0.05) is 27.8 Å². The number of aliphatic hydroxyl groups is 1. The Kier molecular flexibility index (Phi) is 7.77. The summed E-state index contributed by atoms with van der Waals surface area (Å²) in [7, 11) is 0. The van der Waals surface area contributed by atoms with Crippen LogP contribution in [0, 0.1) is 47.9 Å². The molecule has 0 heterocycles. The normalized spacial score (nSPS) is 11.9. The van der Waals surface area contributed by atoms with E-state index in [9.17, 15) is 38.2 Å². The van der Waals surface area contributed by atoms with E-state index in [1.807, 2.05) is 0 Å². The second-order valence-corrected chi connectivity index (χ2v) is 6.58. The first-order valence-electron chi connectivity index (χ1n) is 8.41. The van der Waals surface area contributed by atoms with Gasteiger partial charge in [-0.15, -0.1) is 0 Å². The monoisotopic (exact) mass is 428 g/mol. The molecule has 1 unspecified atom stereocenters. The van der Waals surface area contributed by atoms with Gasteiger partial charge in [0.1, 0.15) is 6.29 Å². The molecule has 0 fully saturated rings. The molecule has 0 aromatic heterocycles. The smallest absolute Gasteiger partial charge is 0.379 e. The minimum absolute atomic E-state index is 0.0885. The van der Waals surface area contributed by atoms with Gasteiger partial charge in [0.25, 0.3) is 11.4 Å². The maximum Gasteiger partial charge on any atom is 0.418 e. The molecule has 11 heteroatoms. The zero-order chi connectivity index (χ0) is 23.4. The molecule has 0 bridgehead atoms. The molecule has 2 rings (SSSR count). The second kappa shape index (κ2) is 9.44. The number of alkyl halides is 3. The molecule has 2 aromatic carbocycles. The van der Waals surface area contributed by atoms with Gasteiger partial charge in [-0.1, -0.05) is 0 Å². The summed E-state index contributed by atoms with van der Waals surface area (Å²) in [5, 5.41) is 30.2. The third-order valence-electron chi connectivity index (χ3n) is 4.15. The van der Waals surface area contributed by atoms with Crippen LogP contribution in [0.4, 0.5) is 24.5 Å². The van der Waals surface area contributed by atoms with Crippen LogP contribution < -0.4 is 0 Å². The average Bonchev–Trinajstić information content (AvgIpc) is 2.58. The number of hydrogen-bond acceptors (Lipinski definition) is 6. The third kappa shape index (κ3) is 5.83. The zero-order valence-corrected chi connectivity index (χ0v) is 16.5. The summed E-state index contributed by atoms with van der Waals surface area (Å²) in [5.41, 5.74) is 1.16. The van der Waals surface area contributed by atoms with Crippen LogP contribution in [-0.2, 0) is 0 Å². The van der Waals surface area contributed by atoms with Crippen molar-refractivity contribution in [3.8, 4) is 0 Å². The molecule has 0 saturated heterocycles. The molecule has 0 amide bonds. The number of aliphatic hydroxyl groups excluding tert-OH is 1. The standard InChI is InChI=1S/C10H10F3NO3.C9H9NO3/c1-5-3-7(9(15)10(11,12)13)4-6(2)8(5)14(16)17;1-6-3-8(5-11)4-7(2)9(6)10(12)13/h3-4,9,15H,1-2H3;3-5H,1-2H3. The van der Waals surface area contributed by atoms with Crippen LogP contribution in [0.25, 0.3) is 0 Å². The fourth-order valence-electron chi connectivity index (χ4n) is 2.97. The molecule has 1 atom stereocenters. The number of halogens is 3. The first-order valence-corrected chi connectivity index (χ1v) is 8.41. The Bertz CT molecular complexity index is 943. The Morgan fingerprint density at radius 1 is 0.867 bits per heavy atom. The Balaban J connectivity index is 0.000000311. The fourth-order valence-corrected chi connectivity index (χ4v) is 2.97. The molecule has 0 aliphatic carbocycles. The van der Waals surface area contributed by atoms with Gasteiger partial charge in [-0.05, 0) is 57.5 Å². The quantitative estimate of drug-likeness (QED) is 0.423. The topological polar surface area (TPSA) is 124 Å². The second-order valence-electron chi connectivity index (χ2n) is 6.58. The lowest BCUT2D eigenvalue weighted by atomic mass is 10.0. The lowest BCUT2D eigenvalue weighted by Gasteiger charge is -2.16. The van der Waals surface area contributed by atoms with Gasteiger partial charge >= 0.3 is 6.18 Å². The van der Waals surface area contributed by atoms with E-state index in [2.05, 4.69) is 0 Å². The van der Waals surface area contributed by atoms with Gasteiger partial charge in [-0.2, -0.15) is 13.2 Å². The third-order valence-corrected chi connectivity index (χ3v) is 4.15. The number of benzene rings is 2. The van der Waals surface area contributed by atoms with Crippen molar-refractivity contribution in [3.63, 3.8) is 0 Å². The summed E-state index contributed by atoms with van der Waals surface area (Å²) in [4.78, 5) is 30.5. The maximum atomic E-state index is 12.3. The number of hydrogen-bond donors (Lipinski definition) is 1. The predicted molar refractivity (Wildman–Crippen MR) is 102 cm³/mol. The number of carbonyl (C=O) groups is 1. The lowest BCUT2D eigenvalue weighted by Crippen LogP contribution is -2.20. The van der Waals surface area contributed by atoms with Crippen molar-refractivity contribution in [2.24, 2.45) is 0 Å². The van der Waals surface area contributed by atoms with E-state index in [1.165, 1.54) is 26.0 Å². The van der Waals surface area contributed by atoms with Crippen molar-refractivity contribution in [1.82, 2.24) is 0 Å². The van der Waals surface area contributed by atoms with E-state index in [0.717, 1.165) is 12.1 Å². The first-order chi connectivity index (χ1) is 13.7. The number of aldehydes is 1. The molecule has 0 aliphatic heterocycles. The van der Waals surface area contributed by atoms with Gasteiger partial charge in [-0.25, -0.2) is 0 Å². The van der Waals surface area contributed by atoms with Crippen molar-refractivity contribution < 1.29 is 32.9 Å². The number of nitro benzene ring substituents is 2. The van der Waals surface area contributed by atoms with Crippen LogP contribution in [0.1, 0.15) is 44.3 Å². The van der Waals surface area contributed by atoms with Crippen molar-refractivity contribution in [1.29, 1.82) is 0 Å². The van der Waals surface area contributed by atoms with Gasteiger partial charge in [0.05, 0.1) is 9.85 Å². The highest BCUT2D eigenvalue weighted by Gasteiger charge is 2.40. The van der Waals surface area contributed by atoms with Gasteiger partial charge in [0.2, 0.25) is 0 Å². The minimum Gasteiger partial charge on any atom is -0.379 e. The average molecular weight is 428 g/mol. The highest BCUT2D eigenvalue weighted by atomic mass is 19.4. The van der Waals surface area contributed by atoms with E-state index in [0.29, 0.717) is 23.0 Å². The molecule has 30 heavy (non-hydrogen) atoms. The van der Waals surface area contributed by atoms with Gasteiger partial charge < -0.3 is 5.11 Å². The molecule has 0 aliphatic rings. The Morgan fingerprint density at radius 2 is 1.20 bits per heavy atom. The summed E-state index contributed by atoms with van der Waals surface area (Å²) in [6.45, 7) is 5.91. The highest BCUT2D eigenvalue weighted by molar-refractivity contribution is 5.77. The highest BCUT2D eigenvalue weighted by Crippen LogP contribution is 2.35. The van der Waals surface area contributed by atoms with E-state index in [-0.39, 0.29) is 22.5 Å². The van der Waals surface area contributed by atoms with Crippen LogP contribution in [0.5, 0.6) is 0 Å². The van der Waals surface area contributed by atoms with E-state index >= 15 is 0 Å². The zero-order valence-electron chi connectivity index (χ0n) is 16.5. The largest absolute Gasteiger partial charge is 0.418 e. The molecule has 8 nitrogen and oxygen atoms in total. The minimum atomic E-state index is -4.78. The summed E-state index contributed by atoms with van der Waals surface area (Å²) in [6, 6.07) is 4.98. The molecular weight excluding hydrogens is 409 g/mol. The van der Waals surface area contributed by atoms with E-state index in [4.69, 9.17) is 5.11 Å². The van der Waals surface area contributed by atoms with Crippen LogP contribution >= 0.6 is 0 Å². The lowest BCUT2D eigenvalue weighted by molar-refractivity contribution is -0.386. The molecule has 2 aromatic rings. The molecule has 162 valence electrons. The maximum absolute atomic E-state index is 12.3. The Morgan fingerprint density at radius 3 is 1.47 bits per heavy atom. The van der Waals surface area contributed by atoms with E-state index < -0.39 is 27.7 Å². The first kappa shape index (κ1) is 24.7. The molecule has 0 saturated carbocycles. The molecule has 1 N–H and O–H groups in total. The molecule has 0 radical (unpaired) electrons. The van der Waals surface area contributed by atoms with Crippen LogP contribution in [0.3, 0.4) is 0 Å². The summed E-state index contributed by atoms with van der Waals surface area (Å²) < 4.78 is 36.8. The van der Waals surface area contributed by atoms with E-state index in [1.54, 1.807) is 13.8 Å². The van der Waals surface area contributed by atoms with Crippen LogP contribution in [0.15, 0.2) is 24.3 Å². The number of carbonyl (C=O) groups excluding carboxylic acids is 1. The Hall–Kier alpha value is -3.34. The fraction of sp³-hybridized carbons (Fsp3) is 0.316. The van der Waals surface area contributed by atoms with Crippen LogP contribution in [-0.4, -0.2) is 27.4 Å². The number of rotatable bonds is 4. The van der Waals surface area contributed by atoms with Crippen molar-refractivity contribution in [3.05, 3.63) is 77.9 Å². The Labute approximate surface area is 169 Å². The summed E-state index contributed by atoms with van der Waals surface area (Å²) in [5.74, 6) is 0. The predicted octanol–water partition coefficient (Wildman–Crippen LogP) is 4.83. The van der Waals surface area contributed by atoms with Crippen LogP contribution in [0.2, 0.25) is 0 Å². The van der Waals surface area contributed by atoms with Crippen molar-refractivity contribution in [2.45, 2.75) is 40.0 Å². The summed E-state index contributed by atoms with van der Waals surface area (Å²) in [6.07, 6.45) is -6.72. The SMILES string of the molecule is Cc1cc(C(O)C(F)(F)F)cc(C)c1[N+](=O)[O-].Cc1cc(C=O)cc(C)c1[N+](=O)[O-]. The van der Waals surface area contributed by atoms with Gasteiger partial charge in [-0.3, -0.25) is 25.0 Å². The molecule has 0 spiro atoms. The number of nitro groups is 2. The summed E-state index contributed by atoms with van der Waals surface area (Å²) >= 11 is 0. The van der Waals surface area contributed by atoms with Crippen molar-refractivity contribution in [2.75, 3.05) is 0 Å². The molecular formula is C19H19F3N2O6. The van der Waals surface area contributed by atoms with Crippen molar-refractivity contribution >= 4 is 17.7 Å². The van der Waals surface area contributed by atoms with Gasteiger partial charge in [0.15, 0.2) is 6.10 Å². The number of aryl methyl sites for hydroxylation is 4. The number of nitrogens with zero attached hydrogens (tertiary/aromatic N) is 2.